The summed E-state index contributed by atoms with van der Waals surface area (Å²) in [5.41, 5.74) is -1.45. The Hall–Kier alpha value is -1.70. The number of amides is 1. The summed E-state index contributed by atoms with van der Waals surface area (Å²) in [6, 6.07) is 1.83. The number of carbonyl (C=O) groups is 1. The molecule has 104 valence electrons. The molecule has 0 aliphatic heterocycles. The normalized spacial score (nSPS) is 11.0. The third kappa shape index (κ3) is 4.47. The Balaban J connectivity index is 3.03. The molecule has 1 aromatic rings. The average molecular weight is 335 g/mol. The predicted molar refractivity (Wildman–Crippen MR) is 70.6 cm³/mol. The lowest BCUT2D eigenvalue weighted by Gasteiger charge is -2.19. The number of hydrogen-bond acceptors (Lipinski definition) is 4. The lowest BCUT2D eigenvalue weighted by molar-refractivity contribution is -0.384. The third-order valence-corrected chi connectivity index (χ3v) is 2.48. The van der Waals surface area contributed by atoms with Gasteiger partial charge in [0, 0.05) is 12.1 Å². The Bertz CT molecular complexity index is 528. The quantitative estimate of drug-likeness (QED) is 0.657. The van der Waals surface area contributed by atoms with Crippen molar-refractivity contribution < 1.29 is 18.8 Å². The number of hydrogen-bond donors (Lipinski definition) is 1. The number of nitro benzene ring substituents is 1. The summed E-state index contributed by atoms with van der Waals surface area (Å²) >= 11 is 2.84. The molecule has 0 saturated heterocycles. The van der Waals surface area contributed by atoms with Gasteiger partial charge in [0.1, 0.15) is 17.1 Å². The fourth-order valence-corrected chi connectivity index (χ4v) is 1.53. The molecular weight excluding hydrogens is 323 g/mol. The van der Waals surface area contributed by atoms with Gasteiger partial charge in [-0.1, -0.05) is 0 Å². The first-order chi connectivity index (χ1) is 8.60. The molecule has 19 heavy (non-hydrogen) atoms. The van der Waals surface area contributed by atoms with Crippen molar-refractivity contribution in [2.24, 2.45) is 0 Å². The van der Waals surface area contributed by atoms with Gasteiger partial charge in [-0.2, -0.15) is 0 Å². The van der Waals surface area contributed by atoms with E-state index < -0.39 is 28.1 Å². The molecule has 0 unspecified atom stereocenters. The molecule has 1 aromatic carbocycles. The predicted octanol–water partition coefficient (Wildman–Crippen LogP) is 3.84. The van der Waals surface area contributed by atoms with Gasteiger partial charge in [-0.25, -0.2) is 9.18 Å². The van der Waals surface area contributed by atoms with Crippen molar-refractivity contribution in [3.63, 3.8) is 0 Å². The largest absolute Gasteiger partial charge is 0.444 e. The fourth-order valence-electron chi connectivity index (χ4n) is 1.20. The molecule has 1 rings (SSSR count). The van der Waals surface area contributed by atoms with Gasteiger partial charge in [0.2, 0.25) is 0 Å². The highest BCUT2D eigenvalue weighted by atomic mass is 79.9. The first kappa shape index (κ1) is 15.4. The SMILES string of the molecule is CC(C)(C)OC(=O)Nc1cc(F)c(Br)cc1[N+](=O)[O-]. The monoisotopic (exact) mass is 334 g/mol. The van der Waals surface area contributed by atoms with E-state index >= 15 is 0 Å². The van der Waals surface area contributed by atoms with E-state index in [1.807, 2.05) is 0 Å². The number of rotatable bonds is 2. The first-order valence-electron chi connectivity index (χ1n) is 5.23. The van der Waals surface area contributed by atoms with Gasteiger partial charge < -0.3 is 4.74 Å². The molecule has 1 N–H and O–H groups in total. The molecule has 8 heteroatoms. The van der Waals surface area contributed by atoms with Crippen LogP contribution in [-0.4, -0.2) is 16.6 Å². The van der Waals surface area contributed by atoms with Crippen molar-refractivity contribution >= 4 is 33.4 Å². The van der Waals surface area contributed by atoms with Crippen LogP contribution in [0.4, 0.5) is 20.6 Å². The van der Waals surface area contributed by atoms with Crippen LogP contribution in [0.3, 0.4) is 0 Å². The lowest BCUT2D eigenvalue weighted by atomic mass is 10.2. The van der Waals surface area contributed by atoms with Gasteiger partial charge >= 0.3 is 6.09 Å². The van der Waals surface area contributed by atoms with Gasteiger partial charge in [0.15, 0.2) is 0 Å². The van der Waals surface area contributed by atoms with Gasteiger partial charge in [-0.15, -0.1) is 0 Å². The molecule has 0 bridgehead atoms. The number of carbonyl (C=O) groups excluding carboxylic acids is 1. The zero-order chi connectivity index (χ0) is 14.8. The van der Waals surface area contributed by atoms with Gasteiger partial charge in [-0.3, -0.25) is 15.4 Å². The molecule has 0 aliphatic carbocycles. The summed E-state index contributed by atoms with van der Waals surface area (Å²) in [5, 5.41) is 13.0. The van der Waals surface area contributed by atoms with Crippen LogP contribution in [0.5, 0.6) is 0 Å². The summed E-state index contributed by atoms with van der Waals surface area (Å²) in [6.07, 6.45) is -0.891. The van der Waals surface area contributed by atoms with Crippen molar-refractivity contribution in [2.45, 2.75) is 26.4 Å². The zero-order valence-electron chi connectivity index (χ0n) is 10.5. The highest BCUT2D eigenvalue weighted by Gasteiger charge is 2.22. The topological polar surface area (TPSA) is 81.5 Å². The third-order valence-electron chi connectivity index (χ3n) is 1.87. The van der Waals surface area contributed by atoms with Crippen LogP contribution in [0.1, 0.15) is 20.8 Å². The number of ether oxygens (including phenoxy) is 1. The minimum absolute atomic E-state index is 0.0612. The second-order valence-corrected chi connectivity index (χ2v) is 5.52. The Morgan fingerprint density at radius 2 is 2.05 bits per heavy atom. The molecular formula is C11H12BrFN2O4. The summed E-state index contributed by atoms with van der Waals surface area (Å²) in [5.74, 6) is -0.725. The van der Waals surface area contributed by atoms with E-state index in [2.05, 4.69) is 21.2 Å². The van der Waals surface area contributed by atoms with E-state index in [0.29, 0.717) is 0 Å². The molecule has 0 aromatic heterocycles. The highest BCUT2D eigenvalue weighted by Crippen LogP contribution is 2.30. The van der Waals surface area contributed by atoms with E-state index in [4.69, 9.17) is 4.74 Å². The van der Waals surface area contributed by atoms with E-state index in [0.717, 1.165) is 12.1 Å². The zero-order valence-corrected chi connectivity index (χ0v) is 12.1. The Labute approximate surface area is 117 Å². The molecule has 0 saturated carbocycles. The van der Waals surface area contributed by atoms with Crippen molar-refractivity contribution in [3.8, 4) is 0 Å². The van der Waals surface area contributed by atoms with E-state index in [1.54, 1.807) is 20.8 Å². The molecule has 0 atom stereocenters. The maximum atomic E-state index is 13.3. The Morgan fingerprint density at radius 1 is 1.47 bits per heavy atom. The molecule has 6 nitrogen and oxygen atoms in total. The van der Waals surface area contributed by atoms with Crippen LogP contribution in [0.15, 0.2) is 16.6 Å². The van der Waals surface area contributed by atoms with Gasteiger partial charge in [-0.05, 0) is 36.7 Å². The molecule has 0 radical (unpaired) electrons. The molecule has 0 aliphatic rings. The number of nitrogens with zero attached hydrogens (tertiary/aromatic N) is 1. The molecule has 0 heterocycles. The number of halogens is 2. The van der Waals surface area contributed by atoms with Crippen LogP contribution in [0, 0.1) is 15.9 Å². The average Bonchev–Trinajstić information content (AvgIpc) is 2.19. The molecule has 1 amide bonds. The summed E-state index contributed by atoms with van der Waals surface area (Å²) < 4.78 is 18.2. The second kappa shape index (κ2) is 5.52. The highest BCUT2D eigenvalue weighted by molar-refractivity contribution is 9.10. The first-order valence-corrected chi connectivity index (χ1v) is 6.03. The maximum absolute atomic E-state index is 13.3. The van der Waals surface area contributed by atoms with Crippen molar-refractivity contribution in [1.82, 2.24) is 0 Å². The van der Waals surface area contributed by atoms with Crippen molar-refractivity contribution in [3.05, 3.63) is 32.5 Å². The summed E-state index contributed by atoms with van der Waals surface area (Å²) in [4.78, 5) is 21.6. The van der Waals surface area contributed by atoms with Gasteiger partial charge in [0.05, 0.1) is 9.40 Å². The Morgan fingerprint density at radius 3 is 2.53 bits per heavy atom. The van der Waals surface area contributed by atoms with Crippen molar-refractivity contribution in [2.75, 3.05) is 5.32 Å². The van der Waals surface area contributed by atoms with E-state index in [1.165, 1.54) is 0 Å². The Kier molecular flexibility index (Phi) is 4.46. The number of nitro groups is 1. The molecule has 0 fully saturated rings. The summed E-state index contributed by atoms with van der Waals surface area (Å²) in [6.45, 7) is 4.93. The minimum atomic E-state index is -0.891. The van der Waals surface area contributed by atoms with Crippen molar-refractivity contribution in [1.29, 1.82) is 0 Å². The number of benzene rings is 1. The standard InChI is InChI=1S/C11H12BrFN2O4/c1-11(2,3)19-10(16)14-8-5-7(13)6(12)4-9(8)15(17)18/h4-5H,1-3H3,(H,14,16). The van der Waals surface area contributed by atoms with Crippen LogP contribution in [-0.2, 0) is 4.74 Å². The summed E-state index contributed by atoms with van der Waals surface area (Å²) in [7, 11) is 0. The van der Waals surface area contributed by atoms with E-state index in [9.17, 15) is 19.3 Å². The van der Waals surface area contributed by atoms with Crippen LogP contribution in [0.25, 0.3) is 0 Å². The van der Waals surface area contributed by atoms with E-state index in [-0.39, 0.29) is 10.2 Å². The van der Waals surface area contributed by atoms with Gasteiger partial charge in [0.25, 0.3) is 5.69 Å². The minimum Gasteiger partial charge on any atom is -0.444 e. The number of anilines is 1. The van der Waals surface area contributed by atoms with Crippen LogP contribution < -0.4 is 5.32 Å². The van der Waals surface area contributed by atoms with Crippen LogP contribution in [0.2, 0.25) is 0 Å². The lowest BCUT2D eigenvalue weighted by Crippen LogP contribution is -2.27. The fraction of sp³-hybridized carbons (Fsp3) is 0.364. The maximum Gasteiger partial charge on any atom is 0.412 e. The van der Waals surface area contributed by atoms with Crippen LogP contribution >= 0.6 is 15.9 Å². The smallest absolute Gasteiger partial charge is 0.412 e. The molecule has 0 spiro atoms. The number of nitrogens with one attached hydrogen (secondary N) is 1. The second-order valence-electron chi connectivity index (χ2n) is 4.67.